The molecular formula is C30H35N3O3. The van der Waals surface area contributed by atoms with Gasteiger partial charge in [0.1, 0.15) is 5.75 Å². The highest BCUT2D eigenvalue weighted by Gasteiger charge is 2.49. The van der Waals surface area contributed by atoms with Crippen LogP contribution in [0.3, 0.4) is 0 Å². The van der Waals surface area contributed by atoms with Crippen molar-refractivity contribution < 1.29 is 14.6 Å². The number of methoxy groups -OCH3 is 1. The van der Waals surface area contributed by atoms with Gasteiger partial charge in [0, 0.05) is 31.1 Å². The van der Waals surface area contributed by atoms with E-state index in [2.05, 4.69) is 65.7 Å². The first-order chi connectivity index (χ1) is 17.6. The van der Waals surface area contributed by atoms with Gasteiger partial charge < -0.3 is 20.1 Å². The second-order valence-corrected chi connectivity index (χ2v) is 9.85. The van der Waals surface area contributed by atoms with Crippen molar-refractivity contribution in [2.45, 2.75) is 37.8 Å². The van der Waals surface area contributed by atoms with Crippen LogP contribution in [0, 0.1) is 6.92 Å². The first-order valence-electron chi connectivity index (χ1n) is 12.8. The number of hydrogen-bond donors (Lipinski definition) is 2. The zero-order valence-electron chi connectivity index (χ0n) is 21.1. The van der Waals surface area contributed by atoms with Gasteiger partial charge in [-0.3, -0.25) is 4.90 Å². The number of amides is 2. The molecule has 2 N–H and O–H groups in total. The van der Waals surface area contributed by atoms with E-state index in [9.17, 15) is 9.90 Å². The number of carbonyl (C=O) groups is 1. The molecule has 0 bridgehead atoms. The molecule has 2 heterocycles. The lowest BCUT2D eigenvalue weighted by molar-refractivity contribution is -0.0585. The summed E-state index contributed by atoms with van der Waals surface area (Å²) in [6.45, 7) is 4.51. The number of nitrogens with one attached hydrogen (secondary N) is 1. The fourth-order valence-corrected chi connectivity index (χ4v) is 5.71. The lowest BCUT2D eigenvalue weighted by atomic mass is 9.74. The predicted molar refractivity (Wildman–Crippen MR) is 144 cm³/mol. The number of ether oxygens (including phenoxy) is 1. The molecule has 0 radical (unpaired) electrons. The van der Waals surface area contributed by atoms with Gasteiger partial charge >= 0.3 is 6.03 Å². The molecule has 3 aromatic carbocycles. The number of benzene rings is 3. The second-order valence-electron chi connectivity index (χ2n) is 9.85. The standard InChI is InChI=1S/C30H35N3O3/c1-21-9-11-22(12-10-21)23-13-15-24(16-14-23)29-26-19-32(17-5-6-18-33(26)27(29)20-34)30(35)31-25-7-3-4-8-28(25)36-2/h3-4,7-16,26-27,29,34H,5-6,17-20H2,1-2H3,(H,31,35)/t26-,27+,29+/m0/s1. The largest absolute Gasteiger partial charge is 0.495 e. The van der Waals surface area contributed by atoms with Gasteiger partial charge in [-0.15, -0.1) is 0 Å². The summed E-state index contributed by atoms with van der Waals surface area (Å²) in [4.78, 5) is 17.6. The molecule has 2 fully saturated rings. The first-order valence-corrected chi connectivity index (χ1v) is 12.8. The van der Waals surface area contributed by atoms with E-state index in [4.69, 9.17) is 4.74 Å². The normalized spacial score (nSPS) is 22.1. The van der Waals surface area contributed by atoms with Gasteiger partial charge in [-0.2, -0.15) is 0 Å². The Morgan fingerprint density at radius 3 is 2.33 bits per heavy atom. The summed E-state index contributed by atoms with van der Waals surface area (Å²) < 4.78 is 5.41. The average Bonchev–Trinajstić information content (AvgIpc) is 2.89. The molecule has 2 amide bonds. The fourth-order valence-electron chi connectivity index (χ4n) is 5.71. The molecule has 2 aliphatic heterocycles. The van der Waals surface area contributed by atoms with E-state index in [0.29, 0.717) is 24.5 Å². The maximum atomic E-state index is 13.3. The molecule has 36 heavy (non-hydrogen) atoms. The smallest absolute Gasteiger partial charge is 0.322 e. The summed E-state index contributed by atoms with van der Waals surface area (Å²) in [5.41, 5.74) is 5.53. The zero-order chi connectivity index (χ0) is 25.1. The third-order valence-electron chi connectivity index (χ3n) is 7.69. The topological polar surface area (TPSA) is 65.0 Å². The van der Waals surface area contributed by atoms with Gasteiger partial charge in [-0.05, 0) is 55.1 Å². The van der Waals surface area contributed by atoms with E-state index in [0.717, 1.165) is 19.4 Å². The van der Waals surface area contributed by atoms with Crippen molar-refractivity contribution in [1.82, 2.24) is 9.80 Å². The molecule has 0 aliphatic carbocycles. The number of hydrogen-bond acceptors (Lipinski definition) is 4. The highest BCUT2D eigenvalue weighted by atomic mass is 16.5. The minimum atomic E-state index is -0.109. The maximum Gasteiger partial charge on any atom is 0.322 e. The van der Waals surface area contributed by atoms with Gasteiger partial charge in [0.2, 0.25) is 0 Å². The van der Waals surface area contributed by atoms with Gasteiger partial charge in [-0.1, -0.05) is 66.2 Å². The molecule has 2 aliphatic rings. The van der Waals surface area contributed by atoms with Crippen LogP contribution in [0.25, 0.3) is 11.1 Å². The number of fused-ring (bicyclic) bond motifs is 1. The van der Waals surface area contributed by atoms with Crippen LogP contribution in [0.1, 0.15) is 29.9 Å². The van der Waals surface area contributed by atoms with Crippen LogP contribution in [0.4, 0.5) is 10.5 Å². The van der Waals surface area contributed by atoms with Crippen LogP contribution in [0.15, 0.2) is 72.8 Å². The van der Waals surface area contributed by atoms with Gasteiger partial charge in [-0.25, -0.2) is 4.79 Å². The van der Waals surface area contributed by atoms with Gasteiger partial charge in [0.25, 0.3) is 0 Å². The van der Waals surface area contributed by atoms with Crippen molar-refractivity contribution in [2.75, 3.05) is 38.7 Å². The summed E-state index contributed by atoms with van der Waals surface area (Å²) in [5, 5.41) is 13.3. The minimum Gasteiger partial charge on any atom is -0.495 e. The molecule has 5 rings (SSSR count). The van der Waals surface area contributed by atoms with Crippen LogP contribution in [-0.2, 0) is 0 Å². The zero-order valence-corrected chi connectivity index (χ0v) is 21.1. The number of nitrogens with zero attached hydrogens (tertiary/aromatic N) is 2. The lowest BCUT2D eigenvalue weighted by Gasteiger charge is -2.57. The van der Waals surface area contributed by atoms with Crippen molar-refractivity contribution in [2.24, 2.45) is 0 Å². The van der Waals surface area contributed by atoms with Crippen LogP contribution < -0.4 is 10.1 Å². The molecule has 6 heteroatoms. The Kier molecular flexibility index (Phi) is 7.25. The number of para-hydroxylation sites is 2. The number of aliphatic hydroxyl groups is 1. The van der Waals surface area contributed by atoms with Crippen LogP contribution in [-0.4, -0.2) is 66.4 Å². The SMILES string of the molecule is COc1ccccc1NC(=O)N1CCCCN2[C@H](CO)[C@H](c3ccc(-c4ccc(C)cc4)cc3)[C@@H]2C1. The molecule has 3 aromatic rings. The van der Waals surface area contributed by atoms with E-state index in [1.807, 2.05) is 29.2 Å². The number of aliphatic hydroxyl groups excluding tert-OH is 1. The molecule has 6 nitrogen and oxygen atoms in total. The predicted octanol–water partition coefficient (Wildman–Crippen LogP) is 5.13. The highest BCUT2D eigenvalue weighted by molar-refractivity contribution is 5.91. The van der Waals surface area contributed by atoms with E-state index in [-0.39, 0.29) is 30.6 Å². The third-order valence-corrected chi connectivity index (χ3v) is 7.69. The quantitative estimate of drug-likeness (QED) is 0.526. The number of aryl methyl sites for hydroxylation is 1. The summed E-state index contributed by atoms with van der Waals surface area (Å²) in [5.74, 6) is 0.830. The average molecular weight is 486 g/mol. The van der Waals surface area contributed by atoms with Gasteiger partial charge in [0.15, 0.2) is 0 Å². The van der Waals surface area contributed by atoms with Crippen LogP contribution in [0.5, 0.6) is 5.75 Å². The first kappa shape index (κ1) is 24.3. The Bertz CT molecular complexity index is 1180. The Morgan fingerprint density at radius 2 is 1.64 bits per heavy atom. The van der Waals surface area contributed by atoms with E-state index < -0.39 is 0 Å². The lowest BCUT2D eigenvalue weighted by Crippen LogP contribution is -2.68. The maximum absolute atomic E-state index is 13.3. The van der Waals surface area contributed by atoms with Crippen molar-refractivity contribution in [3.8, 4) is 16.9 Å². The number of carbonyl (C=O) groups excluding carboxylic acids is 1. The van der Waals surface area contributed by atoms with E-state index >= 15 is 0 Å². The monoisotopic (exact) mass is 485 g/mol. The second kappa shape index (κ2) is 10.7. The molecule has 0 spiro atoms. The summed E-state index contributed by atoms with van der Waals surface area (Å²) in [6, 6.07) is 24.9. The molecule has 3 atom stereocenters. The van der Waals surface area contributed by atoms with Crippen molar-refractivity contribution in [1.29, 1.82) is 0 Å². The fraction of sp³-hybridized carbons (Fsp3) is 0.367. The number of rotatable bonds is 5. The van der Waals surface area contributed by atoms with Crippen molar-refractivity contribution in [3.63, 3.8) is 0 Å². The van der Waals surface area contributed by atoms with E-state index in [1.165, 1.54) is 22.3 Å². The molecule has 2 saturated heterocycles. The molecular weight excluding hydrogens is 450 g/mol. The molecule has 0 aromatic heterocycles. The molecule has 188 valence electrons. The summed E-state index contributed by atoms with van der Waals surface area (Å²) in [7, 11) is 1.61. The highest BCUT2D eigenvalue weighted by Crippen LogP contribution is 2.42. The third kappa shape index (κ3) is 4.84. The summed E-state index contributed by atoms with van der Waals surface area (Å²) >= 11 is 0. The Balaban J connectivity index is 1.35. The van der Waals surface area contributed by atoms with Crippen LogP contribution >= 0.6 is 0 Å². The van der Waals surface area contributed by atoms with Crippen LogP contribution in [0.2, 0.25) is 0 Å². The Hall–Kier alpha value is -3.35. The number of urea groups is 1. The summed E-state index contributed by atoms with van der Waals surface area (Å²) in [6.07, 6.45) is 1.95. The molecule has 0 saturated carbocycles. The number of anilines is 1. The van der Waals surface area contributed by atoms with Crippen molar-refractivity contribution >= 4 is 11.7 Å². The van der Waals surface area contributed by atoms with Gasteiger partial charge in [0.05, 0.1) is 19.4 Å². The minimum absolute atomic E-state index is 0.0810. The Labute approximate surface area is 213 Å². The van der Waals surface area contributed by atoms with E-state index in [1.54, 1.807) is 7.11 Å². The Morgan fingerprint density at radius 1 is 0.972 bits per heavy atom. The molecule has 0 unspecified atom stereocenters. The van der Waals surface area contributed by atoms with Crippen molar-refractivity contribution in [3.05, 3.63) is 83.9 Å².